The summed E-state index contributed by atoms with van der Waals surface area (Å²) in [5, 5.41) is 10.9. The van der Waals surface area contributed by atoms with Crippen molar-refractivity contribution < 1.29 is 21.5 Å². The van der Waals surface area contributed by atoms with Crippen LogP contribution in [0.15, 0.2) is 74.8 Å². The molecular weight excluding hydrogens is 464 g/mol. The lowest BCUT2D eigenvalue weighted by atomic mass is 10.1. The topological polar surface area (TPSA) is 44.4 Å². The number of aromatic amines is 1. The highest BCUT2D eigenvalue weighted by molar-refractivity contribution is 9.11. The van der Waals surface area contributed by atoms with Crippen molar-refractivity contribution in [2.75, 3.05) is 0 Å². The number of rotatable bonds is 3. The monoisotopic (exact) mass is 476 g/mol. The van der Waals surface area contributed by atoms with Crippen molar-refractivity contribution >= 4 is 49.0 Å². The van der Waals surface area contributed by atoms with Crippen molar-refractivity contribution in [3.8, 4) is 11.3 Å². The Morgan fingerprint density at radius 3 is 2.44 bits per heavy atom. The number of thiazole rings is 1. The smallest absolute Gasteiger partial charge is 0.409 e. The number of fused-ring (bicyclic) bond motifs is 1. The Morgan fingerprint density at radius 1 is 1.00 bits per heavy atom. The van der Waals surface area contributed by atoms with Crippen LogP contribution in [0.1, 0.15) is 0 Å². The van der Waals surface area contributed by atoms with Crippen molar-refractivity contribution in [3.05, 3.63) is 64.6 Å². The van der Waals surface area contributed by atoms with Gasteiger partial charge in [-0.05, 0) is 38.4 Å². The molecule has 7 heteroatoms. The molecule has 2 heterocycles. The van der Waals surface area contributed by atoms with E-state index < -0.39 is 0 Å². The summed E-state index contributed by atoms with van der Waals surface area (Å²) in [5.41, 5.74) is 4.00. The van der Waals surface area contributed by atoms with Crippen LogP contribution in [0.4, 0.5) is 10.8 Å². The molecule has 2 aromatic carbocycles. The van der Waals surface area contributed by atoms with E-state index in [0.29, 0.717) is 0 Å². The largest absolute Gasteiger partial charge is 1.00 e. The van der Waals surface area contributed by atoms with Crippen molar-refractivity contribution in [3.63, 3.8) is 0 Å². The van der Waals surface area contributed by atoms with Crippen LogP contribution in [0.3, 0.4) is 0 Å². The molecule has 0 aliphatic rings. The summed E-state index contributed by atoms with van der Waals surface area (Å²) in [6.07, 6.45) is 1.98. The number of aryl methyl sites for hydroxylation is 1. The Kier molecular flexibility index (Phi) is 5.46. The van der Waals surface area contributed by atoms with Crippen LogP contribution in [0.2, 0.25) is 0 Å². The van der Waals surface area contributed by atoms with Crippen molar-refractivity contribution in [2.45, 2.75) is 0 Å². The normalized spacial score (nSPS) is 11.1. The molecule has 4 aromatic rings. The molecule has 0 spiro atoms. The number of H-pyrrole nitrogens is 1. The highest BCUT2D eigenvalue weighted by Gasteiger charge is 2.17. The van der Waals surface area contributed by atoms with Gasteiger partial charge in [-0.25, -0.2) is 4.57 Å². The number of azo groups is 1. The minimum absolute atomic E-state index is 0. The average Bonchev–Trinajstić information content (AvgIpc) is 3.13. The molecule has 4 rings (SSSR count). The summed E-state index contributed by atoms with van der Waals surface area (Å²) >= 11 is 5.03. The molecule has 25 heavy (non-hydrogen) atoms. The molecule has 4 nitrogen and oxygen atoms in total. The first-order valence-corrected chi connectivity index (χ1v) is 9.06. The number of nitrogens with zero attached hydrogens (tertiary/aromatic N) is 3. The third kappa shape index (κ3) is 3.58. The summed E-state index contributed by atoms with van der Waals surface area (Å²) < 4.78 is 2.98. The average molecular weight is 478 g/mol. The Labute approximate surface area is 168 Å². The second-order valence-electron chi connectivity index (χ2n) is 5.39. The van der Waals surface area contributed by atoms with Crippen LogP contribution < -0.4 is 21.5 Å². The molecule has 126 valence electrons. The third-order valence-corrected chi connectivity index (χ3v) is 5.31. The first-order valence-electron chi connectivity index (χ1n) is 7.45. The zero-order valence-corrected chi connectivity index (χ0v) is 17.3. The van der Waals surface area contributed by atoms with E-state index in [1.54, 1.807) is 11.3 Å². The lowest BCUT2D eigenvalue weighted by molar-refractivity contribution is -0.654. The molecular formula is C18H14Br2N4S. The predicted octanol–water partition coefficient (Wildman–Crippen LogP) is 2.90. The van der Waals surface area contributed by atoms with Gasteiger partial charge in [0.2, 0.25) is 0 Å². The summed E-state index contributed by atoms with van der Waals surface area (Å²) in [6.45, 7) is 0. The Bertz CT molecular complexity index is 1040. The van der Waals surface area contributed by atoms with Crippen molar-refractivity contribution in [1.82, 2.24) is 4.98 Å². The van der Waals surface area contributed by atoms with Gasteiger partial charge < -0.3 is 22.0 Å². The summed E-state index contributed by atoms with van der Waals surface area (Å²) in [7, 11) is 1.96. The van der Waals surface area contributed by atoms with Gasteiger partial charge in [0, 0.05) is 16.5 Å². The fourth-order valence-corrected chi connectivity index (χ4v) is 4.03. The van der Waals surface area contributed by atoms with Gasteiger partial charge >= 0.3 is 5.13 Å². The number of hydrogen-bond acceptors (Lipinski definition) is 3. The zero-order valence-electron chi connectivity index (χ0n) is 13.3. The summed E-state index contributed by atoms with van der Waals surface area (Å²) in [4.78, 5) is 3.47. The fourth-order valence-electron chi connectivity index (χ4n) is 2.62. The number of hydrogen-bond donors (Lipinski definition) is 1. The van der Waals surface area contributed by atoms with Gasteiger partial charge in [0.05, 0.1) is 17.9 Å². The number of halogens is 2. The van der Waals surface area contributed by atoms with Gasteiger partial charge in [-0.2, -0.15) is 0 Å². The van der Waals surface area contributed by atoms with Crippen LogP contribution >= 0.6 is 27.3 Å². The Balaban J connectivity index is 0.00000182. The molecule has 0 saturated carbocycles. The molecule has 0 saturated heterocycles. The van der Waals surface area contributed by atoms with E-state index in [4.69, 9.17) is 0 Å². The standard InChI is InChI=1S/C18H13BrN4S.BrH/c1-23-11-15(19)24-18(23)22-21-17-13-9-5-6-10-14(13)20-16(17)12-7-3-2-4-8-12;/h2-11H,1H3;1H. The first-order chi connectivity index (χ1) is 11.7. The Hall–Kier alpha value is -1.83. The first kappa shape index (κ1) is 18.0. The summed E-state index contributed by atoms with van der Waals surface area (Å²) in [6, 6.07) is 18.4. The van der Waals surface area contributed by atoms with Gasteiger partial charge in [0.1, 0.15) is 15.7 Å². The SMILES string of the molecule is C[n+]1cc(Br)sc1/N=N/c1c(-c2ccccc2)[nH]c2ccccc12.[Br-]. The van der Waals surface area contributed by atoms with Crippen molar-refractivity contribution in [1.29, 1.82) is 0 Å². The minimum Gasteiger partial charge on any atom is -1.00 e. The molecule has 1 N–H and O–H groups in total. The maximum absolute atomic E-state index is 4.58. The van der Waals surface area contributed by atoms with E-state index in [-0.39, 0.29) is 17.0 Å². The predicted molar refractivity (Wildman–Crippen MR) is 101 cm³/mol. The highest BCUT2D eigenvalue weighted by atomic mass is 79.9. The van der Waals surface area contributed by atoms with Gasteiger partial charge in [0.15, 0.2) is 0 Å². The van der Waals surface area contributed by atoms with E-state index in [0.717, 1.165) is 36.8 Å². The molecule has 0 aliphatic carbocycles. The molecule has 0 aliphatic heterocycles. The number of aromatic nitrogens is 2. The lowest BCUT2D eigenvalue weighted by Gasteiger charge is -1.97. The van der Waals surface area contributed by atoms with Crippen molar-refractivity contribution in [2.24, 2.45) is 17.3 Å². The molecule has 0 bridgehead atoms. The van der Waals surface area contributed by atoms with Crippen LogP contribution in [0.5, 0.6) is 0 Å². The van der Waals surface area contributed by atoms with Gasteiger partial charge in [-0.1, -0.05) is 48.5 Å². The van der Waals surface area contributed by atoms with E-state index in [2.05, 4.69) is 55.4 Å². The van der Waals surface area contributed by atoms with Crippen LogP contribution in [0.25, 0.3) is 22.2 Å². The molecule has 0 radical (unpaired) electrons. The van der Waals surface area contributed by atoms with E-state index in [1.165, 1.54) is 0 Å². The molecule has 0 atom stereocenters. The fraction of sp³-hybridized carbons (Fsp3) is 0.0556. The van der Waals surface area contributed by atoms with E-state index in [1.807, 2.05) is 48.1 Å². The van der Waals surface area contributed by atoms with Crippen LogP contribution in [-0.4, -0.2) is 4.98 Å². The second-order valence-corrected chi connectivity index (χ2v) is 7.78. The van der Waals surface area contributed by atoms with Gasteiger partial charge in [0.25, 0.3) is 0 Å². The molecule has 0 amide bonds. The second kappa shape index (κ2) is 7.59. The zero-order chi connectivity index (χ0) is 16.5. The molecule has 2 aromatic heterocycles. The van der Waals surface area contributed by atoms with Gasteiger partial charge in [-0.15, -0.1) is 0 Å². The van der Waals surface area contributed by atoms with Gasteiger partial charge in [-0.3, -0.25) is 0 Å². The number of benzene rings is 2. The Morgan fingerprint density at radius 2 is 1.72 bits per heavy atom. The van der Waals surface area contributed by atoms with Crippen LogP contribution in [-0.2, 0) is 7.05 Å². The minimum atomic E-state index is 0. The maximum Gasteiger partial charge on any atom is 0.409 e. The van der Waals surface area contributed by atoms with Crippen LogP contribution in [0, 0.1) is 0 Å². The van der Waals surface area contributed by atoms with E-state index in [9.17, 15) is 0 Å². The lowest BCUT2D eigenvalue weighted by Crippen LogP contribution is -3.00. The number of para-hydroxylation sites is 1. The van der Waals surface area contributed by atoms with E-state index >= 15 is 0 Å². The molecule has 0 unspecified atom stereocenters. The summed E-state index contributed by atoms with van der Waals surface area (Å²) in [5.74, 6) is 0. The number of nitrogens with one attached hydrogen (secondary N) is 1. The third-order valence-electron chi connectivity index (χ3n) is 3.76. The highest BCUT2D eigenvalue weighted by Crippen LogP contribution is 2.38. The molecule has 0 fully saturated rings. The maximum atomic E-state index is 4.58. The quantitative estimate of drug-likeness (QED) is 0.348.